The molecule has 102 valence electrons. The van der Waals surface area contributed by atoms with E-state index >= 15 is 0 Å². The Labute approximate surface area is 109 Å². The van der Waals surface area contributed by atoms with Gasteiger partial charge >= 0.3 is 0 Å². The van der Waals surface area contributed by atoms with E-state index in [1.807, 2.05) is 0 Å². The van der Waals surface area contributed by atoms with Crippen LogP contribution in [0.1, 0.15) is 52.4 Å². The van der Waals surface area contributed by atoms with Crippen LogP contribution in [0.2, 0.25) is 19.1 Å². The first-order chi connectivity index (χ1) is 7.97. The van der Waals surface area contributed by atoms with Crippen molar-refractivity contribution < 1.29 is 4.43 Å². The molecule has 3 heteroatoms. The Morgan fingerprint density at radius 3 is 2.59 bits per heavy atom. The molecule has 0 spiro atoms. The minimum Gasteiger partial charge on any atom is -0.412 e. The van der Waals surface area contributed by atoms with E-state index in [-0.39, 0.29) is 5.60 Å². The first kappa shape index (κ1) is 15.2. The van der Waals surface area contributed by atoms with Gasteiger partial charge in [-0.05, 0) is 64.8 Å². The number of hydrogen-bond acceptors (Lipinski definition) is 2. The maximum atomic E-state index is 6.40. The van der Waals surface area contributed by atoms with Crippen molar-refractivity contribution in [2.75, 3.05) is 13.1 Å². The van der Waals surface area contributed by atoms with Gasteiger partial charge in [0.2, 0.25) is 0 Å². The number of rotatable bonds is 7. The van der Waals surface area contributed by atoms with Crippen molar-refractivity contribution in [2.45, 2.75) is 77.1 Å². The topological polar surface area (TPSA) is 21.3 Å². The summed E-state index contributed by atoms with van der Waals surface area (Å²) in [4.78, 5) is 0. The van der Waals surface area contributed by atoms with Crippen molar-refractivity contribution in [1.82, 2.24) is 5.32 Å². The summed E-state index contributed by atoms with van der Waals surface area (Å²) < 4.78 is 6.40. The van der Waals surface area contributed by atoms with Gasteiger partial charge in [0.1, 0.15) is 0 Å². The second-order valence-electron chi connectivity index (χ2n) is 6.37. The fourth-order valence-corrected chi connectivity index (χ4v) is 5.52. The maximum Gasteiger partial charge on any atom is 0.187 e. The van der Waals surface area contributed by atoms with Gasteiger partial charge in [0, 0.05) is 0 Å². The molecule has 0 amide bonds. The predicted octanol–water partition coefficient (Wildman–Crippen LogP) is 3.93. The van der Waals surface area contributed by atoms with Gasteiger partial charge in [0.05, 0.1) is 5.60 Å². The van der Waals surface area contributed by atoms with Crippen molar-refractivity contribution in [3.8, 4) is 0 Å². The highest BCUT2D eigenvalue weighted by Gasteiger charge is 2.37. The fourth-order valence-electron chi connectivity index (χ4n) is 2.85. The minimum absolute atomic E-state index is 0.181. The van der Waals surface area contributed by atoms with E-state index in [1.54, 1.807) is 0 Å². The van der Waals surface area contributed by atoms with Crippen LogP contribution in [0.4, 0.5) is 0 Å². The first-order valence-corrected chi connectivity index (χ1v) is 10.5. The molecule has 1 fully saturated rings. The van der Waals surface area contributed by atoms with E-state index in [0.717, 1.165) is 6.54 Å². The predicted molar refractivity (Wildman–Crippen MR) is 78.0 cm³/mol. The first-order valence-electron chi connectivity index (χ1n) is 7.38. The zero-order valence-corrected chi connectivity index (χ0v) is 13.3. The van der Waals surface area contributed by atoms with E-state index in [2.05, 4.69) is 32.3 Å². The molecule has 1 saturated heterocycles. The summed E-state index contributed by atoms with van der Waals surface area (Å²) in [6, 6.07) is 1.34. The lowest BCUT2D eigenvalue weighted by molar-refractivity contribution is 0.0426. The maximum absolute atomic E-state index is 6.40. The molecule has 0 aliphatic carbocycles. The molecule has 0 radical (unpaired) electrons. The van der Waals surface area contributed by atoms with E-state index in [1.165, 1.54) is 51.1 Å². The van der Waals surface area contributed by atoms with Crippen molar-refractivity contribution in [1.29, 1.82) is 0 Å². The number of unbranched alkanes of at least 4 members (excludes halogenated alkanes) is 1. The Morgan fingerprint density at radius 1 is 1.24 bits per heavy atom. The van der Waals surface area contributed by atoms with Gasteiger partial charge in [0.15, 0.2) is 8.32 Å². The molecule has 0 aromatic rings. The number of nitrogens with one attached hydrogen (secondary N) is 1. The molecular formula is C14H31NOSi. The SMILES string of the molecule is CCCCNCCCC1(C)CCC[Si](C)(C)O1. The highest BCUT2D eigenvalue weighted by molar-refractivity contribution is 6.71. The van der Waals surface area contributed by atoms with Crippen molar-refractivity contribution >= 4 is 8.32 Å². The Balaban J connectivity index is 2.16. The highest BCUT2D eigenvalue weighted by Crippen LogP contribution is 2.36. The van der Waals surface area contributed by atoms with Crippen molar-refractivity contribution in [3.63, 3.8) is 0 Å². The molecule has 1 unspecified atom stereocenters. The molecule has 1 N–H and O–H groups in total. The molecule has 0 aromatic heterocycles. The van der Waals surface area contributed by atoms with E-state index in [4.69, 9.17) is 4.43 Å². The highest BCUT2D eigenvalue weighted by atomic mass is 28.4. The van der Waals surface area contributed by atoms with E-state index < -0.39 is 8.32 Å². The molecule has 1 aliphatic rings. The van der Waals surface area contributed by atoms with Gasteiger partial charge in [-0.1, -0.05) is 19.8 Å². The third kappa shape index (κ3) is 6.02. The van der Waals surface area contributed by atoms with Gasteiger partial charge < -0.3 is 9.74 Å². The van der Waals surface area contributed by atoms with Crippen LogP contribution in [-0.4, -0.2) is 27.0 Å². The fraction of sp³-hybridized carbons (Fsp3) is 1.00. The molecule has 0 aromatic carbocycles. The van der Waals surface area contributed by atoms with Crippen LogP contribution in [-0.2, 0) is 4.43 Å². The van der Waals surface area contributed by atoms with Gasteiger partial charge in [-0.25, -0.2) is 0 Å². The normalized spacial score (nSPS) is 28.2. The average molecular weight is 257 g/mol. The Kier molecular flexibility index (Phi) is 6.17. The minimum atomic E-state index is -1.33. The summed E-state index contributed by atoms with van der Waals surface area (Å²) >= 11 is 0. The van der Waals surface area contributed by atoms with Gasteiger partial charge in [-0.3, -0.25) is 0 Å². The molecule has 17 heavy (non-hydrogen) atoms. The van der Waals surface area contributed by atoms with Gasteiger partial charge in [-0.15, -0.1) is 0 Å². The second-order valence-corrected chi connectivity index (χ2v) is 10.6. The lowest BCUT2D eigenvalue weighted by Gasteiger charge is -2.43. The summed E-state index contributed by atoms with van der Waals surface area (Å²) in [7, 11) is -1.33. The Bertz CT molecular complexity index is 220. The lowest BCUT2D eigenvalue weighted by atomic mass is 9.94. The van der Waals surface area contributed by atoms with Crippen LogP contribution >= 0.6 is 0 Å². The zero-order valence-electron chi connectivity index (χ0n) is 12.3. The lowest BCUT2D eigenvalue weighted by Crippen LogP contribution is -2.46. The largest absolute Gasteiger partial charge is 0.412 e. The van der Waals surface area contributed by atoms with Gasteiger partial charge in [0.25, 0.3) is 0 Å². The van der Waals surface area contributed by atoms with Crippen LogP contribution in [0, 0.1) is 0 Å². The standard InChI is InChI=1S/C14H31NOSi/c1-5-6-11-15-12-7-9-14(2)10-8-13-17(3,4)16-14/h15H,5-13H2,1-4H3. The molecule has 1 rings (SSSR count). The molecule has 2 nitrogen and oxygen atoms in total. The Hall–Kier alpha value is 0.137. The molecule has 1 atom stereocenters. The van der Waals surface area contributed by atoms with Crippen molar-refractivity contribution in [3.05, 3.63) is 0 Å². The molecule has 1 aliphatic heterocycles. The zero-order chi connectivity index (χ0) is 12.8. The average Bonchev–Trinajstić information content (AvgIpc) is 2.21. The monoisotopic (exact) mass is 257 g/mol. The summed E-state index contributed by atoms with van der Waals surface area (Å²) in [6.45, 7) is 11.6. The van der Waals surface area contributed by atoms with Crippen LogP contribution in [0.3, 0.4) is 0 Å². The summed E-state index contributed by atoms with van der Waals surface area (Å²) in [5.41, 5.74) is 0.181. The smallest absolute Gasteiger partial charge is 0.187 e. The Morgan fingerprint density at radius 2 is 1.94 bits per heavy atom. The van der Waals surface area contributed by atoms with Gasteiger partial charge in [-0.2, -0.15) is 0 Å². The van der Waals surface area contributed by atoms with E-state index in [0.29, 0.717) is 0 Å². The molecule has 0 bridgehead atoms. The third-order valence-electron chi connectivity index (χ3n) is 3.77. The summed E-state index contributed by atoms with van der Waals surface area (Å²) in [5.74, 6) is 0. The van der Waals surface area contributed by atoms with Crippen LogP contribution in [0.5, 0.6) is 0 Å². The third-order valence-corrected chi connectivity index (χ3v) is 6.38. The van der Waals surface area contributed by atoms with Crippen LogP contribution in [0.25, 0.3) is 0 Å². The summed E-state index contributed by atoms with van der Waals surface area (Å²) in [5, 5.41) is 3.52. The second kappa shape index (κ2) is 6.91. The quantitative estimate of drug-likeness (QED) is 0.551. The molecular weight excluding hydrogens is 226 g/mol. The van der Waals surface area contributed by atoms with Crippen LogP contribution < -0.4 is 5.32 Å². The molecule has 0 saturated carbocycles. The van der Waals surface area contributed by atoms with E-state index in [9.17, 15) is 0 Å². The van der Waals surface area contributed by atoms with Crippen LogP contribution in [0.15, 0.2) is 0 Å². The van der Waals surface area contributed by atoms with Crippen molar-refractivity contribution in [2.24, 2.45) is 0 Å². The summed E-state index contributed by atoms with van der Waals surface area (Å²) in [6.07, 6.45) is 7.70. The number of hydrogen-bond donors (Lipinski definition) is 1. The molecule has 1 heterocycles.